The van der Waals surface area contributed by atoms with Gasteiger partial charge in [0.1, 0.15) is 12.0 Å². The Hall–Kier alpha value is -2.35. The van der Waals surface area contributed by atoms with Crippen molar-refractivity contribution < 1.29 is 9.53 Å². The van der Waals surface area contributed by atoms with Gasteiger partial charge in [-0.25, -0.2) is 0 Å². The Labute approximate surface area is 144 Å². The van der Waals surface area contributed by atoms with Crippen LogP contribution in [0.3, 0.4) is 0 Å². The average molecular weight is 320 g/mol. The van der Waals surface area contributed by atoms with Crippen LogP contribution in [-0.2, 0) is 6.42 Å². The summed E-state index contributed by atoms with van der Waals surface area (Å²) in [4.78, 5) is 10.8. The normalized spacial score (nSPS) is 15.5. The van der Waals surface area contributed by atoms with Crippen LogP contribution in [0.4, 0.5) is 0 Å². The second-order valence-electron chi connectivity index (χ2n) is 6.50. The molecule has 0 heterocycles. The van der Waals surface area contributed by atoms with Crippen LogP contribution in [0, 0.1) is 5.92 Å². The number of hydrogen-bond acceptors (Lipinski definition) is 2. The molecule has 0 aliphatic heterocycles. The number of methoxy groups -OCH3 is 1. The van der Waals surface area contributed by atoms with Crippen LogP contribution >= 0.6 is 0 Å². The summed E-state index contributed by atoms with van der Waals surface area (Å²) >= 11 is 0. The van der Waals surface area contributed by atoms with Gasteiger partial charge in [0, 0.05) is 5.56 Å². The minimum absolute atomic E-state index is 0.691. The molecule has 0 radical (unpaired) electrons. The van der Waals surface area contributed by atoms with Crippen molar-refractivity contribution in [1.29, 1.82) is 0 Å². The summed E-state index contributed by atoms with van der Waals surface area (Å²) in [6, 6.07) is 16.2. The van der Waals surface area contributed by atoms with E-state index in [0.717, 1.165) is 24.0 Å². The maximum Gasteiger partial charge on any atom is 0.150 e. The minimum atomic E-state index is 0.691. The topological polar surface area (TPSA) is 26.3 Å². The van der Waals surface area contributed by atoms with Crippen LogP contribution in [0.25, 0.3) is 5.57 Å². The molecule has 0 amide bonds. The predicted octanol–water partition coefficient (Wildman–Crippen LogP) is 5.32. The summed E-state index contributed by atoms with van der Waals surface area (Å²) in [6.45, 7) is 0. The average Bonchev–Trinajstić information content (AvgIpc) is 3.15. The van der Waals surface area contributed by atoms with Gasteiger partial charge in [-0.05, 0) is 54.0 Å². The van der Waals surface area contributed by atoms with Crippen LogP contribution in [0.15, 0.2) is 54.6 Å². The van der Waals surface area contributed by atoms with E-state index in [9.17, 15) is 4.79 Å². The fraction of sp³-hybridized carbons (Fsp3) is 0.318. The second kappa shape index (κ2) is 7.96. The van der Waals surface area contributed by atoms with Crippen molar-refractivity contribution in [2.75, 3.05) is 7.11 Å². The van der Waals surface area contributed by atoms with E-state index in [2.05, 4.69) is 30.3 Å². The van der Waals surface area contributed by atoms with Gasteiger partial charge in [-0.15, -0.1) is 0 Å². The number of hydrogen-bond donors (Lipinski definition) is 0. The summed E-state index contributed by atoms with van der Waals surface area (Å²) in [5.74, 6) is 1.57. The van der Waals surface area contributed by atoms with Crippen molar-refractivity contribution in [1.82, 2.24) is 0 Å². The van der Waals surface area contributed by atoms with Crippen molar-refractivity contribution in [2.45, 2.75) is 32.1 Å². The SMILES string of the molecule is COc1ccc(/C(=C/C2CCCC2)Cc2ccc(C=O)cc2)cc1. The highest BCUT2D eigenvalue weighted by molar-refractivity contribution is 5.75. The molecule has 0 N–H and O–H groups in total. The highest BCUT2D eigenvalue weighted by atomic mass is 16.5. The van der Waals surface area contributed by atoms with Crippen molar-refractivity contribution in [3.05, 3.63) is 71.3 Å². The zero-order valence-electron chi connectivity index (χ0n) is 14.2. The molecule has 0 saturated heterocycles. The van der Waals surface area contributed by atoms with Gasteiger partial charge in [0.05, 0.1) is 7.11 Å². The van der Waals surface area contributed by atoms with Crippen molar-refractivity contribution in [2.24, 2.45) is 5.92 Å². The van der Waals surface area contributed by atoms with Gasteiger partial charge < -0.3 is 4.74 Å². The van der Waals surface area contributed by atoms with Crippen molar-refractivity contribution in [3.8, 4) is 5.75 Å². The molecular formula is C22H24O2. The van der Waals surface area contributed by atoms with Gasteiger partial charge in [0.2, 0.25) is 0 Å². The number of aldehydes is 1. The van der Waals surface area contributed by atoms with Crippen LogP contribution in [0.5, 0.6) is 5.75 Å². The van der Waals surface area contributed by atoms with Gasteiger partial charge in [-0.3, -0.25) is 4.79 Å². The summed E-state index contributed by atoms with van der Waals surface area (Å²) in [5.41, 5.74) is 4.58. The van der Waals surface area contributed by atoms with Crippen molar-refractivity contribution >= 4 is 11.9 Å². The summed E-state index contributed by atoms with van der Waals surface area (Å²) in [6.07, 6.45) is 9.51. The zero-order valence-corrected chi connectivity index (χ0v) is 14.2. The molecule has 2 aromatic carbocycles. The molecular weight excluding hydrogens is 296 g/mol. The lowest BCUT2D eigenvalue weighted by atomic mass is 9.93. The molecule has 24 heavy (non-hydrogen) atoms. The molecule has 0 bridgehead atoms. The van der Waals surface area contributed by atoms with E-state index < -0.39 is 0 Å². The first-order chi connectivity index (χ1) is 11.8. The van der Waals surface area contributed by atoms with Crippen molar-refractivity contribution in [3.63, 3.8) is 0 Å². The molecule has 1 fully saturated rings. The lowest BCUT2D eigenvalue weighted by molar-refractivity contribution is 0.112. The Kier molecular flexibility index (Phi) is 5.47. The third kappa shape index (κ3) is 4.14. The zero-order chi connectivity index (χ0) is 16.8. The maximum atomic E-state index is 10.8. The Balaban J connectivity index is 1.86. The molecule has 2 heteroatoms. The second-order valence-corrected chi connectivity index (χ2v) is 6.50. The molecule has 1 aliphatic carbocycles. The number of ether oxygens (including phenoxy) is 1. The minimum Gasteiger partial charge on any atom is -0.497 e. The molecule has 3 rings (SSSR count). The van der Waals surface area contributed by atoms with Crippen LogP contribution < -0.4 is 4.74 Å². The monoisotopic (exact) mass is 320 g/mol. The molecule has 0 unspecified atom stereocenters. The molecule has 124 valence electrons. The summed E-state index contributed by atoms with van der Waals surface area (Å²) < 4.78 is 5.27. The first-order valence-corrected chi connectivity index (χ1v) is 8.68. The maximum absolute atomic E-state index is 10.8. The first kappa shape index (κ1) is 16.5. The third-order valence-corrected chi connectivity index (χ3v) is 4.81. The van der Waals surface area contributed by atoms with E-state index in [1.54, 1.807) is 7.11 Å². The highest BCUT2D eigenvalue weighted by Gasteiger charge is 2.14. The van der Waals surface area contributed by atoms with Gasteiger partial charge >= 0.3 is 0 Å². The molecule has 0 spiro atoms. The lowest BCUT2D eigenvalue weighted by Gasteiger charge is -2.13. The van der Waals surface area contributed by atoms with Crippen LogP contribution in [0.1, 0.15) is 47.2 Å². The molecule has 1 aliphatic rings. The molecule has 0 aromatic heterocycles. The highest BCUT2D eigenvalue weighted by Crippen LogP contribution is 2.31. The summed E-state index contributed by atoms with van der Waals surface area (Å²) in [7, 11) is 1.69. The number of carbonyl (C=O) groups excluding carboxylic acids is 1. The van der Waals surface area contributed by atoms with Gasteiger partial charge in [0.25, 0.3) is 0 Å². The molecule has 2 nitrogen and oxygen atoms in total. The van der Waals surface area contributed by atoms with Crippen LogP contribution in [0.2, 0.25) is 0 Å². The molecule has 2 aromatic rings. The van der Waals surface area contributed by atoms with E-state index in [1.165, 1.54) is 42.4 Å². The largest absolute Gasteiger partial charge is 0.497 e. The Morgan fingerprint density at radius 3 is 2.29 bits per heavy atom. The van der Waals surface area contributed by atoms with Gasteiger partial charge in [-0.2, -0.15) is 0 Å². The first-order valence-electron chi connectivity index (χ1n) is 8.68. The van der Waals surface area contributed by atoms with E-state index in [4.69, 9.17) is 4.74 Å². The molecule has 0 atom stereocenters. The van der Waals surface area contributed by atoms with E-state index >= 15 is 0 Å². The Morgan fingerprint density at radius 1 is 1.04 bits per heavy atom. The standard InChI is InChI=1S/C22H24O2/c1-24-22-12-10-20(11-13-22)21(14-17-4-2-3-5-17)15-18-6-8-19(16-23)9-7-18/h6-14,16-17H,2-5,15H2,1H3/b21-14+. The quantitative estimate of drug-likeness (QED) is 0.673. The van der Waals surface area contributed by atoms with E-state index in [1.807, 2.05) is 24.3 Å². The number of rotatable bonds is 6. The number of allylic oxidation sites excluding steroid dienone is 2. The van der Waals surface area contributed by atoms with Gasteiger partial charge in [0.15, 0.2) is 0 Å². The van der Waals surface area contributed by atoms with Crippen LogP contribution in [-0.4, -0.2) is 13.4 Å². The van der Waals surface area contributed by atoms with Gasteiger partial charge in [-0.1, -0.05) is 55.3 Å². The fourth-order valence-corrected chi connectivity index (χ4v) is 3.40. The van der Waals surface area contributed by atoms with E-state index in [0.29, 0.717) is 5.92 Å². The Morgan fingerprint density at radius 2 is 1.71 bits per heavy atom. The Bertz CT molecular complexity index is 690. The summed E-state index contributed by atoms with van der Waals surface area (Å²) in [5, 5.41) is 0. The third-order valence-electron chi connectivity index (χ3n) is 4.81. The number of carbonyl (C=O) groups is 1. The molecule has 1 saturated carbocycles. The smallest absolute Gasteiger partial charge is 0.150 e. The fourth-order valence-electron chi connectivity index (χ4n) is 3.40. The number of benzene rings is 2. The lowest BCUT2D eigenvalue weighted by Crippen LogP contribution is -1.96. The predicted molar refractivity (Wildman–Crippen MR) is 98.5 cm³/mol. The van der Waals surface area contributed by atoms with E-state index in [-0.39, 0.29) is 0 Å².